The number of nitrogens with one attached hydrogen (secondary N) is 1. The normalized spacial score (nSPS) is 10.1. The molecular weight excluding hydrogens is 320 g/mol. The van der Waals surface area contributed by atoms with Crippen LogP contribution in [0.5, 0.6) is 0 Å². The van der Waals surface area contributed by atoms with Crippen molar-refractivity contribution in [1.29, 1.82) is 0 Å². The van der Waals surface area contributed by atoms with E-state index in [1.165, 1.54) is 12.3 Å². The van der Waals surface area contributed by atoms with Gasteiger partial charge >= 0.3 is 0 Å². The Balaban J connectivity index is 2.21. The molecule has 0 spiro atoms. The fourth-order valence-electron chi connectivity index (χ4n) is 1.26. The molecule has 0 saturated heterocycles. The summed E-state index contributed by atoms with van der Waals surface area (Å²) in [5.74, 6) is 0.0105. The van der Waals surface area contributed by atoms with E-state index in [1.54, 1.807) is 18.3 Å². The summed E-state index contributed by atoms with van der Waals surface area (Å²) in [5, 5.41) is 2.70. The van der Waals surface area contributed by atoms with E-state index < -0.39 is 5.91 Å². The molecule has 2 heterocycles. The SMILES string of the molecule is Nc1cnc(Cl)c(C(=O)Nc2ccc(Br)cn2)c1. The Kier molecular flexibility index (Phi) is 3.78. The second kappa shape index (κ2) is 5.32. The lowest BCUT2D eigenvalue weighted by molar-refractivity contribution is 0.102. The summed E-state index contributed by atoms with van der Waals surface area (Å²) >= 11 is 9.08. The molecule has 92 valence electrons. The molecule has 0 aromatic carbocycles. The summed E-state index contributed by atoms with van der Waals surface area (Å²) in [6, 6.07) is 4.89. The van der Waals surface area contributed by atoms with Crippen molar-refractivity contribution < 1.29 is 4.79 Å². The summed E-state index contributed by atoms with van der Waals surface area (Å²) in [5.41, 5.74) is 6.13. The third-order valence-corrected chi connectivity index (χ3v) is 2.84. The number of anilines is 2. The molecule has 0 aliphatic carbocycles. The Morgan fingerprint density at radius 1 is 1.33 bits per heavy atom. The molecule has 1 amide bonds. The number of nitrogens with zero attached hydrogens (tertiary/aromatic N) is 2. The number of hydrogen-bond donors (Lipinski definition) is 2. The average Bonchev–Trinajstić information content (AvgIpc) is 2.35. The molecule has 7 heteroatoms. The van der Waals surface area contributed by atoms with E-state index in [-0.39, 0.29) is 10.7 Å². The van der Waals surface area contributed by atoms with Gasteiger partial charge in [-0.25, -0.2) is 9.97 Å². The minimum atomic E-state index is -0.408. The van der Waals surface area contributed by atoms with Crippen molar-refractivity contribution in [2.45, 2.75) is 0 Å². The molecule has 0 bridgehead atoms. The van der Waals surface area contributed by atoms with Crippen LogP contribution in [-0.4, -0.2) is 15.9 Å². The van der Waals surface area contributed by atoms with Gasteiger partial charge in [-0.1, -0.05) is 11.6 Å². The molecule has 0 saturated carbocycles. The highest BCUT2D eigenvalue weighted by molar-refractivity contribution is 9.10. The third kappa shape index (κ3) is 2.96. The van der Waals surface area contributed by atoms with Crippen LogP contribution in [0.3, 0.4) is 0 Å². The van der Waals surface area contributed by atoms with Gasteiger partial charge in [-0.05, 0) is 34.1 Å². The van der Waals surface area contributed by atoms with E-state index in [2.05, 4.69) is 31.2 Å². The van der Waals surface area contributed by atoms with Crippen LogP contribution in [0.15, 0.2) is 35.1 Å². The minimum Gasteiger partial charge on any atom is -0.397 e. The van der Waals surface area contributed by atoms with Crippen LogP contribution < -0.4 is 11.1 Å². The lowest BCUT2D eigenvalue weighted by atomic mass is 10.2. The molecule has 0 fully saturated rings. The molecule has 18 heavy (non-hydrogen) atoms. The predicted octanol–water partition coefficient (Wildman–Crippen LogP) is 2.73. The average molecular weight is 328 g/mol. The number of hydrogen-bond acceptors (Lipinski definition) is 4. The highest BCUT2D eigenvalue weighted by atomic mass is 79.9. The highest BCUT2D eigenvalue weighted by Crippen LogP contribution is 2.17. The number of nitrogens with two attached hydrogens (primary N) is 1. The molecule has 2 rings (SSSR count). The zero-order valence-electron chi connectivity index (χ0n) is 9.02. The van der Waals surface area contributed by atoms with Crippen LogP contribution in [0.2, 0.25) is 5.15 Å². The first-order valence-electron chi connectivity index (χ1n) is 4.90. The molecule has 0 aliphatic heterocycles. The van der Waals surface area contributed by atoms with Crippen molar-refractivity contribution in [3.8, 4) is 0 Å². The summed E-state index contributed by atoms with van der Waals surface area (Å²) < 4.78 is 0.823. The predicted molar refractivity (Wildman–Crippen MR) is 73.5 cm³/mol. The zero-order chi connectivity index (χ0) is 13.1. The van der Waals surface area contributed by atoms with Gasteiger partial charge in [0.25, 0.3) is 5.91 Å². The molecule has 0 radical (unpaired) electrons. The van der Waals surface area contributed by atoms with Gasteiger partial charge in [0.2, 0.25) is 0 Å². The van der Waals surface area contributed by atoms with Gasteiger partial charge in [0.05, 0.1) is 17.4 Å². The quantitative estimate of drug-likeness (QED) is 0.831. The first-order valence-corrected chi connectivity index (χ1v) is 6.07. The largest absolute Gasteiger partial charge is 0.397 e. The molecule has 5 nitrogen and oxygen atoms in total. The maximum absolute atomic E-state index is 11.9. The molecule has 2 aromatic rings. The summed E-state index contributed by atoms with van der Waals surface area (Å²) in [4.78, 5) is 19.8. The van der Waals surface area contributed by atoms with Gasteiger partial charge in [-0.3, -0.25) is 4.79 Å². The number of pyridine rings is 2. The number of rotatable bonds is 2. The molecule has 0 aliphatic rings. The number of halogens is 2. The van der Waals surface area contributed by atoms with Crippen molar-refractivity contribution in [3.63, 3.8) is 0 Å². The Hall–Kier alpha value is -1.66. The Bertz CT molecular complexity index is 588. The second-order valence-corrected chi connectivity index (χ2v) is 4.70. The molecule has 0 atom stereocenters. The van der Waals surface area contributed by atoms with E-state index in [9.17, 15) is 4.79 Å². The molecule has 0 unspecified atom stereocenters. The van der Waals surface area contributed by atoms with Crippen LogP contribution in [-0.2, 0) is 0 Å². The summed E-state index contributed by atoms with van der Waals surface area (Å²) in [6.07, 6.45) is 2.96. The van der Waals surface area contributed by atoms with Crippen molar-refractivity contribution in [2.24, 2.45) is 0 Å². The minimum absolute atomic E-state index is 0.0961. The maximum atomic E-state index is 11.9. The Morgan fingerprint density at radius 2 is 2.11 bits per heavy atom. The third-order valence-electron chi connectivity index (χ3n) is 2.07. The summed E-state index contributed by atoms with van der Waals surface area (Å²) in [6.45, 7) is 0. The van der Waals surface area contributed by atoms with Crippen molar-refractivity contribution in [2.75, 3.05) is 11.1 Å². The van der Waals surface area contributed by atoms with Crippen LogP contribution >= 0.6 is 27.5 Å². The number of aromatic nitrogens is 2. The number of amides is 1. The lowest BCUT2D eigenvalue weighted by Crippen LogP contribution is -2.14. The number of carbonyl (C=O) groups excluding carboxylic acids is 1. The van der Waals surface area contributed by atoms with Gasteiger partial charge in [0, 0.05) is 10.7 Å². The van der Waals surface area contributed by atoms with Crippen LogP contribution in [0.25, 0.3) is 0 Å². The van der Waals surface area contributed by atoms with Gasteiger partial charge in [0.1, 0.15) is 11.0 Å². The Morgan fingerprint density at radius 3 is 2.78 bits per heavy atom. The monoisotopic (exact) mass is 326 g/mol. The Labute approximate surface area is 117 Å². The van der Waals surface area contributed by atoms with Gasteiger partial charge in [-0.15, -0.1) is 0 Å². The van der Waals surface area contributed by atoms with Crippen molar-refractivity contribution in [3.05, 3.63) is 45.8 Å². The van der Waals surface area contributed by atoms with Crippen molar-refractivity contribution in [1.82, 2.24) is 9.97 Å². The van der Waals surface area contributed by atoms with Gasteiger partial charge in [0.15, 0.2) is 0 Å². The van der Waals surface area contributed by atoms with E-state index in [1.807, 2.05) is 0 Å². The van der Waals surface area contributed by atoms with Crippen LogP contribution in [0.4, 0.5) is 11.5 Å². The summed E-state index contributed by atoms with van der Waals surface area (Å²) in [7, 11) is 0. The smallest absolute Gasteiger partial charge is 0.260 e. The lowest BCUT2D eigenvalue weighted by Gasteiger charge is -2.06. The van der Waals surface area contributed by atoms with E-state index in [0.717, 1.165) is 4.47 Å². The van der Waals surface area contributed by atoms with Gasteiger partial charge < -0.3 is 11.1 Å². The highest BCUT2D eigenvalue weighted by Gasteiger charge is 2.12. The number of carbonyl (C=O) groups is 1. The van der Waals surface area contributed by atoms with E-state index >= 15 is 0 Å². The second-order valence-electron chi connectivity index (χ2n) is 3.42. The standard InChI is InChI=1S/C11H8BrClN4O/c12-6-1-2-9(15-4-6)17-11(18)8-3-7(14)5-16-10(8)13/h1-5H,14H2,(H,15,17,18). The fourth-order valence-corrected chi connectivity index (χ4v) is 1.68. The molecule has 2 aromatic heterocycles. The van der Waals surface area contributed by atoms with Crippen molar-refractivity contribution >= 4 is 44.9 Å². The first-order chi connectivity index (χ1) is 8.56. The fraction of sp³-hybridized carbons (Fsp3) is 0. The zero-order valence-corrected chi connectivity index (χ0v) is 11.4. The molecular formula is C11H8BrClN4O. The first kappa shape index (κ1) is 12.8. The van der Waals surface area contributed by atoms with Gasteiger partial charge in [-0.2, -0.15) is 0 Å². The number of nitrogen functional groups attached to an aromatic ring is 1. The maximum Gasteiger partial charge on any atom is 0.260 e. The topological polar surface area (TPSA) is 80.9 Å². The van der Waals surface area contributed by atoms with E-state index in [4.69, 9.17) is 17.3 Å². The van der Waals surface area contributed by atoms with Crippen LogP contribution in [0.1, 0.15) is 10.4 Å². The van der Waals surface area contributed by atoms with Crippen LogP contribution in [0, 0.1) is 0 Å². The van der Waals surface area contributed by atoms with E-state index in [0.29, 0.717) is 11.5 Å². The molecule has 3 N–H and O–H groups in total.